The van der Waals surface area contributed by atoms with E-state index in [2.05, 4.69) is 15.6 Å². The Kier molecular flexibility index (Phi) is 7.32. The molecule has 0 saturated carbocycles. The molecule has 0 aliphatic carbocycles. The van der Waals surface area contributed by atoms with E-state index in [0.29, 0.717) is 19.5 Å². The molecule has 0 bridgehead atoms. The molecule has 3 rings (SSSR count). The third kappa shape index (κ3) is 5.14. The van der Waals surface area contributed by atoms with Crippen molar-refractivity contribution < 1.29 is 22.8 Å². The van der Waals surface area contributed by atoms with Crippen molar-refractivity contribution in [1.29, 1.82) is 5.41 Å². The highest BCUT2D eigenvalue weighted by Gasteiger charge is 2.27. The minimum atomic E-state index is -2.98. The van der Waals surface area contributed by atoms with Gasteiger partial charge in [-0.05, 0) is 19.4 Å². The van der Waals surface area contributed by atoms with E-state index in [0.717, 1.165) is 6.07 Å². The van der Waals surface area contributed by atoms with Gasteiger partial charge >= 0.3 is 0 Å². The maximum Gasteiger partial charge on any atom is 0.272 e. The van der Waals surface area contributed by atoms with Crippen LogP contribution in [0.25, 0.3) is 0 Å². The third-order valence-electron chi connectivity index (χ3n) is 5.50. The first-order valence-electron chi connectivity index (χ1n) is 10.3. The fourth-order valence-corrected chi connectivity index (χ4v) is 3.67. The van der Waals surface area contributed by atoms with Gasteiger partial charge in [-0.1, -0.05) is 18.2 Å². The Hall–Kier alpha value is -3.47. The summed E-state index contributed by atoms with van der Waals surface area (Å²) in [5, 5.41) is 13.6. The third-order valence-corrected chi connectivity index (χ3v) is 5.50. The van der Waals surface area contributed by atoms with Gasteiger partial charge in [0.15, 0.2) is 0 Å². The number of aromatic nitrogens is 1. The lowest BCUT2D eigenvalue weighted by atomic mass is 10.0. The van der Waals surface area contributed by atoms with Crippen LogP contribution in [0.5, 0.6) is 0 Å². The fraction of sp³-hybridized carbons (Fsp3) is 0.364. The summed E-state index contributed by atoms with van der Waals surface area (Å²) in [5.41, 5.74) is 5.18. The Bertz CT molecular complexity index is 1080. The van der Waals surface area contributed by atoms with E-state index < -0.39 is 29.8 Å². The molecule has 1 aliphatic rings. The highest BCUT2D eigenvalue weighted by atomic mass is 19.3. The van der Waals surface area contributed by atoms with Crippen molar-refractivity contribution in [1.82, 2.24) is 20.5 Å². The van der Waals surface area contributed by atoms with Crippen LogP contribution in [0.15, 0.2) is 30.5 Å². The Balaban J connectivity index is 1.91. The molecule has 176 valence electrons. The number of halogens is 3. The quantitative estimate of drug-likeness (QED) is 0.388. The molecule has 1 aromatic carbocycles. The van der Waals surface area contributed by atoms with E-state index in [1.165, 1.54) is 38.4 Å². The summed E-state index contributed by atoms with van der Waals surface area (Å²) in [7, 11) is 1.40. The van der Waals surface area contributed by atoms with E-state index in [1.807, 2.05) is 0 Å². The van der Waals surface area contributed by atoms with Gasteiger partial charge < -0.3 is 21.3 Å². The molecular formula is C22H25F3N6O2. The number of nitrogens with zero attached hydrogens (tertiary/aromatic N) is 2. The molecule has 1 aliphatic heterocycles. The van der Waals surface area contributed by atoms with Crippen molar-refractivity contribution >= 4 is 17.6 Å². The van der Waals surface area contributed by atoms with Crippen LogP contribution in [-0.4, -0.2) is 53.7 Å². The molecule has 5 N–H and O–H groups in total. The van der Waals surface area contributed by atoms with Gasteiger partial charge in [-0.3, -0.25) is 20.0 Å². The van der Waals surface area contributed by atoms with E-state index in [4.69, 9.17) is 11.1 Å². The molecule has 11 heteroatoms. The SMILES string of the molecule is CNC(=O)c1cnc(C(=O)N2CCC(N)C2)cc1C(=N)N[C@H](C)c1cccc(C(F)F)c1F. The normalized spacial score (nSPS) is 16.6. The van der Waals surface area contributed by atoms with Gasteiger partial charge in [0.2, 0.25) is 0 Å². The molecule has 1 aromatic heterocycles. The Morgan fingerprint density at radius 2 is 1.97 bits per heavy atom. The number of hydrogen-bond acceptors (Lipinski definition) is 5. The van der Waals surface area contributed by atoms with Crippen LogP contribution in [0.3, 0.4) is 0 Å². The number of nitrogens with two attached hydrogens (primary N) is 1. The summed E-state index contributed by atoms with van der Waals surface area (Å²) in [6.45, 7) is 2.35. The molecule has 2 amide bonds. The molecule has 0 spiro atoms. The lowest BCUT2D eigenvalue weighted by molar-refractivity contribution is 0.0784. The average Bonchev–Trinajstić information content (AvgIpc) is 3.23. The molecular weight excluding hydrogens is 437 g/mol. The maximum absolute atomic E-state index is 14.5. The summed E-state index contributed by atoms with van der Waals surface area (Å²) in [4.78, 5) is 30.7. The number of alkyl halides is 2. The smallest absolute Gasteiger partial charge is 0.272 e. The average molecular weight is 462 g/mol. The van der Waals surface area contributed by atoms with Gasteiger partial charge in [0, 0.05) is 43.5 Å². The number of carbonyl (C=O) groups excluding carboxylic acids is 2. The van der Waals surface area contributed by atoms with Crippen LogP contribution in [-0.2, 0) is 0 Å². The predicted molar refractivity (Wildman–Crippen MR) is 116 cm³/mol. The highest BCUT2D eigenvalue weighted by Crippen LogP contribution is 2.27. The summed E-state index contributed by atoms with van der Waals surface area (Å²) >= 11 is 0. The Morgan fingerprint density at radius 3 is 2.58 bits per heavy atom. The van der Waals surface area contributed by atoms with Gasteiger partial charge in [-0.15, -0.1) is 0 Å². The van der Waals surface area contributed by atoms with E-state index in [-0.39, 0.29) is 40.2 Å². The van der Waals surface area contributed by atoms with Crippen LogP contribution < -0.4 is 16.4 Å². The predicted octanol–water partition coefficient (Wildman–Crippen LogP) is 2.37. The number of likely N-dealkylation sites (tertiary alicyclic amines) is 1. The summed E-state index contributed by atoms with van der Waals surface area (Å²) in [6.07, 6.45) is -1.13. The molecule has 1 unspecified atom stereocenters. The zero-order valence-corrected chi connectivity index (χ0v) is 18.2. The number of benzene rings is 1. The van der Waals surface area contributed by atoms with Gasteiger partial charge in [-0.25, -0.2) is 13.2 Å². The Morgan fingerprint density at radius 1 is 1.27 bits per heavy atom. The first kappa shape index (κ1) is 24.2. The van der Waals surface area contributed by atoms with Gasteiger partial charge in [0.05, 0.1) is 17.2 Å². The summed E-state index contributed by atoms with van der Waals surface area (Å²) < 4.78 is 40.6. The molecule has 1 fully saturated rings. The Labute approximate surface area is 188 Å². The number of carbonyl (C=O) groups is 2. The first-order chi connectivity index (χ1) is 15.6. The highest BCUT2D eigenvalue weighted by molar-refractivity contribution is 6.09. The van der Waals surface area contributed by atoms with Gasteiger partial charge in [-0.2, -0.15) is 0 Å². The molecule has 2 aromatic rings. The number of hydrogen-bond donors (Lipinski definition) is 4. The number of pyridine rings is 1. The van der Waals surface area contributed by atoms with Crippen LogP contribution in [0.4, 0.5) is 13.2 Å². The topological polar surface area (TPSA) is 124 Å². The molecule has 2 heterocycles. The van der Waals surface area contributed by atoms with Crippen molar-refractivity contribution in [3.8, 4) is 0 Å². The minimum Gasteiger partial charge on any atom is -0.363 e. The van der Waals surface area contributed by atoms with Crippen molar-refractivity contribution in [2.75, 3.05) is 20.1 Å². The lowest BCUT2D eigenvalue weighted by Gasteiger charge is -2.20. The minimum absolute atomic E-state index is 0.0248. The number of rotatable bonds is 6. The standard InChI is InChI=1S/C22H25F3N6O2/c1-11(13-4-3-5-14(18(13)23)19(24)25)30-20(27)15-8-17(29-9-16(15)21(32)28-2)22(33)31-7-6-12(26)10-31/h3-5,8-9,11-12,19H,6-7,10,26H2,1-2H3,(H2,27,30)(H,28,32)/t11-,12?/m1/s1. The molecule has 2 atom stereocenters. The molecule has 8 nitrogen and oxygen atoms in total. The molecule has 0 radical (unpaired) electrons. The second-order valence-electron chi connectivity index (χ2n) is 7.79. The van der Waals surface area contributed by atoms with Gasteiger partial charge in [0.25, 0.3) is 18.2 Å². The first-order valence-corrected chi connectivity index (χ1v) is 10.3. The zero-order valence-electron chi connectivity index (χ0n) is 18.2. The van der Waals surface area contributed by atoms with Crippen LogP contribution in [0, 0.1) is 11.2 Å². The molecule has 1 saturated heterocycles. The largest absolute Gasteiger partial charge is 0.363 e. The van der Waals surface area contributed by atoms with Crippen molar-refractivity contribution in [2.45, 2.75) is 31.9 Å². The van der Waals surface area contributed by atoms with Gasteiger partial charge in [0.1, 0.15) is 17.3 Å². The second kappa shape index (κ2) is 9.99. The van der Waals surface area contributed by atoms with Crippen LogP contribution >= 0.6 is 0 Å². The number of nitrogens with one attached hydrogen (secondary N) is 3. The maximum atomic E-state index is 14.5. The summed E-state index contributed by atoms with van der Waals surface area (Å²) in [6, 6.07) is 3.95. The van der Waals surface area contributed by atoms with Crippen molar-refractivity contribution in [3.05, 3.63) is 64.2 Å². The van der Waals surface area contributed by atoms with Crippen molar-refractivity contribution in [3.63, 3.8) is 0 Å². The van der Waals surface area contributed by atoms with E-state index in [1.54, 1.807) is 4.90 Å². The van der Waals surface area contributed by atoms with Crippen molar-refractivity contribution in [2.24, 2.45) is 5.73 Å². The number of amidine groups is 1. The van der Waals surface area contributed by atoms with E-state index in [9.17, 15) is 22.8 Å². The van der Waals surface area contributed by atoms with Crippen LogP contribution in [0.1, 0.15) is 63.3 Å². The lowest BCUT2D eigenvalue weighted by Crippen LogP contribution is -2.34. The zero-order chi connectivity index (χ0) is 24.3. The summed E-state index contributed by atoms with van der Waals surface area (Å²) in [5.74, 6) is -2.28. The second-order valence-corrected chi connectivity index (χ2v) is 7.79. The monoisotopic (exact) mass is 462 g/mol. The van der Waals surface area contributed by atoms with Crippen LogP contribution in [0.2, 0.25) is 0 Å². The van der Waals surface area contributed by atoms with E-state index >= 15 is 0 Å². The fourth-order valence-electron chi connectivity index (χ4n) is 3.67. The molecule has 33 heavy (non-hydrogen) atoms. The number of amides is 2.